The lowest BCUT2D eigenvalue weighted by Gasteiger charge is -2.41. The Kier molecular flexibility index (Phi) is 5.05. The van der Waals surface area contributed by atoms with Gasteiger partial charge in [-0.05, 0) is 53.0 Å². The van der Waals surface area contributed by atoms with Crippen molar-refractivity contribution < 1.29 is 0 Å². The molecule has 1 heterocycles. The van der Waals surface area contributed by atoms with E-state index in [1.165, 1.54) is 40.0 Å². The van der Waals surface area contributed by atoms with Crippen LogP contribution in [0.1, 0.15) is 46.0 Å². The summed E-state index contributed by atoms with van der Waals surface area (Å²) in [6.45, 7) is 0. The van der Waals surface area contributed by atoms with Gasteiger partial charge >= 0.3 is 0 Å². The first-order valence-corrected chi connectivity index (χ1v) is 11.3. The van der Waals surface area contributed by atoms with Crippen molar-refractivity contribution in [3.05, 3.63) is 130 Å². The van der Waals surface area contributed by atoms with Crippen LogP contribution < -0.4 is 5.32 Å². The average molecular weight is 396 g/mol. The number of hydrogen-bond donors (Lipinski definition) is 1. The van der Waals surface area contributed by atoms with E-state index >= 15 is 0 Å². The van der Waals surface area contributed by atoms with E-state index in [1.54, 1.807) is 0 Å². The van der Waals surface area contributed by atoms with Crippen molar-refractivity contribution in [2.75, 3.05) is 0 Å². The third kappa shape index (κ3) is 3.33. The number of nitrogens with one attached hydrogen (secondary N) is 1. The molecule has 0 amide bonds. The van der Waals surface area contributed by atoms with Gasteiger partial charge < -0.3 is 0 Å². The lowest BCUT2D eigenvalue weighted by molar-refractivity contribution is 0.364. The molecule has 3 aromatic carbocycles. The summed E-state index contributed by atoms with van der Waals surface area (Å²) >= 11 is 1.90. The van der Waals surface area contributed by atoms with Crippen LogP contribution in [0.3, 0.4) is 0 Å². The molecule has 1 aliphatic rings. The molecule has 0 saturated carbocycles. The van der Waals surface area contributed by atoms with E-state index in [-0.39, 0.29) is 0 Å². The molecule has 5 rings (SSSR count). The zero-order chi connectivity index (χ0) is 19.5. The van der Waals surface area contributed by atoms with Crippen LogP contribution in [-0.2, 0) is 12.0 Å². The van der Waals surface area contributed by atoms with Crippen LogP contribution in [0, 0.1) is 0 Å². The molecule has 0 bridgehead atoms. The molecule has 0 radical (unpaired) electrons. The maximum absolute atomic E-state index is 4.17. The summed E-state index contributed by atoms with van der Waals surface area (Å²) in [5.74, 6) is 0. The van der Waals surface area contributed by atoms with Gasteiger partial charge in [-0.3, -0.25) is 5.32 Å². The monoisotopic (exact) mass is 395 g/mol. The summed E-state index contributed by atoms with van der Waals surface area (Å²) in [5, 5.41) is 6.42. The van der Waals surface area contributed by atoms with Crippen LogP contribution in [0.4, 0.5) is 0 Å². The third-order valence-corrected chi connectivity index (χ3v) is 7.06. The first-order valence-electron chi connectivity index (χ1n) is 10.4. The van der Waals surface area contributed by atoms with Crippen molar-refractivity contribution in [1.82, 2.24) is 5.32 Å². The highest BCUT2D eigenvalue weighted by Gasteiger charge is 2.39. The van der Waals surface area contributed by atoms with E-state index in [1.807, 2.05) is 11.3 Å². The molecule has 1 aromatic heterocycles. The summed E-state index contributed by atoms with van der Waals surface area (Å²) in [4.78, 5) is 1.54. The zero-order valence-electron chi connectivity index (χ0n) is 16.4. The first-order chi connectivity index (χ1) is 14.4. The van der Waals surface area contributed by atoms with Gasteiger partial charge in [0.2, 0.25) is 0 Å². The molecule has 1 atom stereocenters. The Morgan fingerprint density at radius 3 is 1.72 bits per heavy atom. The molecule has 0 saturated heterocycles. The zero-order valence-corrected chi connectivity index (χ0v) is 17.2. The lowest BCUT2D eigenvalue weighted by atomic mass is 9.75. The molecular weight excluding hydrogens is 370 g/mol. The van der Waals surface area contributed by atoms with Gasteiger partial charge in [-0.15, -0.1) is 11.3 Å². The smallest absolute Gasteiger partial charge is 0.0952 e. The Morgan fingerprint density at radius 2 is 1.21 bits per heavy atom. The number of aryl methyl sites for hydroxylation is 1. The molecule has 2 heteroatoms. The quantitative estimate of drug-likeness (QED) is 0.370. The second-order valence-corrected chi connectivity index (χ2v) is 8.74. The SMILES string of the molecule is c1ccc(C(NC2CCCc3sccc32)(c2ccccc2)c2ccccc2)cc1. The molecule has 0 aliphatic heterocycles. The fourth-order valence-electron chi connectivity index (χ4n) is 4.71. The fraction of sp³-hybridized carbons (Fsp3) is 0.185. The van der Waals surface area contributed by atoms with E-state index in [0.29, 0.717) is 6.04 Å². The maximum Gasteiger partial charge on any atom is 0.0952 e. The molecule has 0 fully saturated rings. The normalized spacial score (nSPS) is 16.3. The van der Waals surface area contributed by atoms with Gasteiger partial charge in [0, 0.05) is 10.9 Å². The number of rotatable bonds is 5. The standard InChI is InChI=1S/C27H25NS/c1-4-11-21(12-5-1)27(22-13-6-2-7-14-22,23-15-8-3-9-16-23)28-25-17-10-18-26-24(25)19-20-29-26/h1-9,11-16,19-20,25,28H,10,17-18H2. The summed E-state index contributed by atoms with van der Waals surface area (Å²) in [5.41, 5.74) is 4.91. The Balaban J connectivity index is 1.73. The predicted octanol–water partition coefficient (Wildman–Crippen LogP) is 6.71. The van der Waals surface area contributed by atoms with Crippen LogP contribution >= 0.6 is 11.3 Å². The third-order valence-electron chi connectivity index (χ3n) is 6.06. The van der Waals surface area contributed by atoms with Crippen LogP contribution in [0.2, 0.25) is 0 Å². The minimum absolute atomic E-state index is 0.339. The van der Waals surface area contributed by atoms with Gasteiger partial charge in [0.05, 0.1) is 5.54 Å². The van der Waals surface area contributed by atoms with Gasteiger partial charge in [0.1, 0.15) is 0 Å². The number of benzene rings is 3. The van der Waals surface area contributed by atoms with Crippen molar-refractivity contribution in [3.8, 4) is 0 Å². The molecule has 1 aliphatic carbocycles. The highest BCUT2D eigenvalue weighted by atomic mass is 32.1. The molecule has 0 spiro atoms. The minimum atomic E-state index is -0.398. The molecule has 1 nitrogen and oxygen atoms in total. The van der Waals surface area contributed by atoms with Crippen molar-refractivity contribution >= 4 is 11.3 Å². The Hall–Kier alpha value is -2.68. The van der Waals surface area contributed by atoms with Crippen molar-refractivity contribution in [3.63, 3.8) is 0 Å². The van der Waals surface area contributed by atoms with Crippen LogP contribution in [-0.4, -0.2) is 0 Å². The van der Waals surface area contributed by atoms with Crippen molar-refractivity contribution in [2.45, 2.75) is 30.8 Å². The second-order valence-electron chi connectivity index (χ2n) is 7.74. The van der Waals surface area contributed by atoms with Crippen LogP contribution in [0.15, 0.2) is 102 Å². The van der Waals surface area contributed by atoms with Gasteiger partial charge in [-0.25, -0.2) is 0 Å². The Morgan fingerprint density at radius 1 is 0.690 bits per heavy atom. The first kappa shape index (κ1) is 18.4. The molecule has 4 aromatic rings. The van der Waals surface area contributed by atoms with Crippen molar-refractivity contribution in [1.29, 1.82) is 0 Å². The number of fused-ring (bicyclic) bond motifs is 1. The maximum atomic E-state index is 4.17. The highest BCUT2D eigenvalue weighted by Crippen LogP contribution is 2.42. The van der Waals surface area contributed by atoms with Gasteiger partial charge in [0.25, 0.3) is 0 Å². The summed E-state index contributed by atoms with van der Waals surface area (Å²) in [7, 11) is 0. The minimum Gasteiger partial charge on any atom is -0.293 e. The summed E-state index contributed by atoms with van der Waals surface area (Å²) in [6, 6.07) is 35.4. The summed E-state index contributed by atoms with van der Waals surface area (Å²) in [6.07, 6.45) is 3.61. The van der Waals surface area contributed by atoms with Crippen molar-refractivity contribution in [2.24, 2.45) is 0 Å². The van der Waals surface area contributed by atoms with E-state index in [0.717, 1.165) is 6.42 Å². The second kappa shape index (κ2) is 7.98. The van der Waals surface area contributed by atoms with Crippen LogP contribution in [0.5, 0.6) is 0 Å². The fourth-order valence-corrected chi connectivity index (χ4v) is 5.70. The lowest BCUT2D eigenvalue weighted by Crippen LogP contribution is -2.47. The highest BCUT2D eigenvalue weighted by molar-refractivity contribution is 7.10. The van der Waals surface area contributed by atoms with Gasteiger partial charge in [-0.1, -0.05) is 91.0 Å². The molecular formula is C27H25NS. The summed E-state index contributed by atoms with van der Waals surface area (Å²) < 4.78 is 0. The number of hydrogen-bond acceptors (Lipinski definition) is 2. The molecule has 29 heavy (non-hydrogen) atoms. The topological polar surface area (TPSA) is 12.0 Å². The van der Waals surface area contributed by atoms with Gasteiger partial charge in [0.15, 0.2) is 0 Å². The van der Waals surface area contributed by atoms with E-state index in [2.05, 4.69) is 108 Å². The number of thiophene rings is 1. The largest absolute Gasteiger partial charge is 0.293 e. The van der Waals surface area contributed by atoms with E-state index in [4.69, 9.17) is 0 Å². The van der Waals surface area contributed by atoms with Gasteiger partial charge in [-0.2, -0.15) is 0 Å². The Labute approximate surface area is 177 Å². The average Bonchev–Trinajstić information content (AvgIpc) is 3.29. The molecule has 1 unspecified atom stereocenters. The molecule has 144 valence electrons. The van der Waals surface area contributed by atoms with E-state index in [9.17, 15) is 0 Å². The molecule has 1 N–H and O–H groups in total. The van der Waals surface area contributed by atoms with Crippen LogP contribution in [0.25, 0.3) is 0 Å². The Bertz CT molecular complexity index is 957. The predicted molar refractivity (Wildman–Crippen MR) is 122 cm³/mol. The van der Waals surface area contributed by atoms with E-state index < -0.39 is 5.54 Å².